The molecule has 0 spiro atoms. The van der Waals surface area contributed by atoms with Gasteiger partial charge in [0.2, 0.25) is 5.88 Å². The van der Waals surface area contributed by atoms with E-state index in [4.69, 9.17) is 4.74 Å². The van der Waals surface area contributed by atoms with Crippen molar-refractivity contribution in [3.8, 4) is 5.88 Å². The summed E-state index contributed by atoms with van der Waals surface area (Å²) in [5.74, 6) is -4.63. The van der Waals surface area contributed by atoms with E-state index < -0.39 is 41.0 Å². The first-order valence-corrected chi connectivity index (χ1v) is 13.6. The van der Waals surface area contributed by atoms with E-state index in [0.29, 0.717) is 12.5 Å². The third kappa shape index (κ3) is 7.91. The van der Waals surface area contributed by atoms with Crippen LogP contribution in [0.25, 0.3) is 12.2 Å². The lowest BCUT2D eigenvalue weighted by Gasteiger charge is -2.27. The first-order valence-electron chi connectivity index (χ1n) is 13.6. The predicted molar refractivity (Wildman–Crippen MR) is 152 cm³/mol. The van der Waals surface area contributed by atoms with Crippen LogP contribution in [0.15, 0.2) is 65.9 Å². The van der Waals surface area contributed by atoms with Crippen LogP contribution in [-0.2, 0) is 4.79 Å². The third-order valence-electron chi connectivity index (χ3n) is 6.97. The maximum absolute atomic E-state index is 13.8. The number of Topliss-reactive ketones (excluding diaryl/α,β-unsaturated/α-hetero) is 1. The Hall–Kier alpha value is -4.31. The van der Waals surface area contributed by atoms with Gasteiger partial charge < -0.3 is 15.0 Å². The number of hydrogen-bond acceptors (Lipinski definition) is 5. The number of benzene rings is 2. The van der Waals surface area contributed by atoms with Crippen LogP contribution >= 0.6 is 0 Å². The van der Waals surface area contributed by atoms with E-state index in [0.717, 1.165) is 43.9 Å². The monoisotopic (exact) mass is 581 g/mol. The van der Waals surface area contributed by atoms with E-state index in [-0.39, 0.29) is 40.7 Å². The quantitative estimate of drug-likeness (QED) is 0.235. The Kier molecular flexibility index (Phi) is 10.2. The zero-order valence-corrected chi connectivity index (χ0v) is 23.3. The molecule has 1 saturated carbocycles. The summed E-state index contributed by atoms with van der Waals surface area (Å²) in [6.07, 6.45) is 4.46. The second kappa shape index (κ2) is 14.0. The Bertz CT molecular complexity index is 1430. The minimum absolute atomic E-state index is 0.110. The van der Waals surface area contributed by atoms with Crippen LogP contribution in [0.5, 0.6) is 5.88 Å². The molecule has 1 aromatic heterocycles. The first kappa shape index (κ1) is 30.6. The van der Waals surface area contributed by atoms with Gasteiger partial charge in [0.05, 0.1) is 5.56 Å². The van der Waals surface area contributed by atoms with Crippen molar-refractivity contribution in [3.05, 3.63) is 106 Å². The molecule has 220 valence electrons. The van der Waals surface area contributed by atoms with Crippen LogP contribution in [0.4, 0.5) is 17.6 Å². The number of pyridine rings is 1. The average molecular weight is 582 g/mol. The van der Waals surface area contributed by atoms with Gasteiger partial charge in [0.1, 0.15) is 6.61 Å². The number of carbonyl (C=O) groups excluding carboxylic acids is 2. The highest BCUT2D eigenvalue weighted by atomic mass is 19.2. The normalized spacial score (nSPS) is 17.2. The summed E-state index contributed by atoms with van der Waals surface area (Å²) in [5.41, 5.74) is 1.28. The summed E-state index contributed by atoms with van der Waals surface area (Å²) in [6, 6.07) is 9.12. The number of nitrogens with zero attached hydrogens (tertiary/aromatic N) is 2. The van der Waals surface area contributed by atoms with Crippen LogP contribution < -0.4 is 10.1 Å². The molecular formula is C32H31F4N3O3. The second-order valence-electron chi connectivity index (χ2n) is 9.85. The number of halogens is 4. The summed E-state index contributed by atoms with van der Waals surface area (Å²) in [5, 5.41) is 2.89. The highest BCUT2D eigenvalue weighted by Crippen LogP contribution is 2.29. The molecule has 1 fully saturated rings. The Labute approximate surface area is 241 Å². The lowest BCUT2D eigenvalue weighted by molar-refractivity contribution is -0.113. The summed E-state index contributed by atoms with van der Waals surface area (Å²) in [4.78, 5) is 32.8. The molecule has 0 unspecified atom stereocenters. The molecule has 1 aliphatic rings. The van der Waals surface area contributed by atoms with E-state index in [9.17, 15) is 27.2 Å². The van der Waals surface area contributed by atoms with E-state index in [1.165, 1.54) is 30.5 Å². The lowest BCUT2D eigenvalue weighted by Crippen LogP contribution is -2.39. The molecular weight excluding hydrogens is 550 g/mol. The smallest absolute Gasteiger partial charge is 0.253 e. The molecule has 0 bridgehead atoms. The van der Waals surface area contributed by atoms with Crippen molar-refractivity contribution in [3.63, 3.8) is 0 Å². The fraction of sp³-hybridized carbons (Fsp3) is 0.281. The van der Waals surface area contributed by atoms with Gasteiger partial charge in [0.25, 0.3) is 5.91 Å². The van der Waals surface area contributed by atoms with Crippen LogP contribution in [0.2, 0.25) is 0 Å². The number of likely N-dealkylation sites (N-methyl/N-ethyl adjacent to an activating group) is 1. The maximum atomic E-state index is 13.8. The fourth-order valence-corrected chi connectivity index (χ4v) is 4.64. The average Bonchev–Trinajstić information content (AvgIpc) is 2.97. The molecule has 10 heteroatoms. The number of aromatic nitrogens is 1. The molecule has 0 saturated heterocycles. The molecule has 0 radical (unpaired) electrons. The molecule has 2 aromatic carbocycles. The standard InChI is InChI=1S/C32H31F4N3O3/c1-3-39(4-2)11-12-42-30-10-7-22(19-37-30)32(41)38-25-17-23(13-20-5-8-26(33)28(35)15-20)31(40)24(18-25)14-21-6-9-27(34)29(36)16-21/h5-10,13-16,19,25H,3-4,11-12,17-18H2,1-2H3,(H,38,41)/b23-13+,24-14+. The van der Waals surface area contributed by atoms with Crippen molar-refractivity contribution >= 4 is 23.8 Å². The first-order chi connectivity index (χ1) is 20.2. The minimum atomic E-state index is -1.07. The van der Waals surface area contributed by atoms with Crippen LogP contribution in [0.1, 0.15) is 48.2 Å². The molecule has 0 atom stereocenters. The Morgan fingerprint density at radius 2 is 1.48 bits per heavy atom. The van der Waals surface area contributed by atoms with E-state index in [1.54, 1.807) is 12.1 Å². The Morgan fingerprint density at radius 3 is 1.95 bits per heavy atom. The van der Waals surface area contributed by atoms with Gasteiger partial charge in [0, 0.05) is 36.0 Å². The summed E-state index contributed by atoms with van der Waals surface area (Å²) >= 11 is 0. The highest BCUT2D eigenvalue weighted by molar-refractivity contribution is 6.14. The van der Waals surface area contributed by atoms with Crippen molar-refractivity contribution in [1.82, 2.24) is 15.2 Å². The van der Waals surface area contributed by atoms with Gasteiger partial charge in [-0.05, 0) is 79.5 Å². The maximum Gasteiger partial charge on any atom is 0.253 e. The summed E-state index contributed by atoms with van der Waals surface area (Å²) in [7, 11) is 0. The molecule has 6 nitrogen and oxygen atoms in total. The highest BCUT2D eigenvalue weighted by Gasteiger charge is 2.29. The Morgan fingerprint density at radius 1 is 0.905 bits per heavy atom. The van der Waals surface area contributed by atoms with Crippen molar-refractivity contribution in [2.24, 2.45) is 0 Å². The summed E-state index contributed by atoms with van der Waals surface area (Å²) < 4.78 is 60.2. The van der Waals surface area contributed by atoms with Gasteiger partial charge in [-0.2, -0.15) is 0 Å². The minimum Gasteiger partial charge on any atom is -0.476 e. The van der Waals surface area contributed by atoms with Gasteiger partial charge in [-0.15, -0.1) is 0 Å². The zero-order valence-electron chi connectivity index (χ0n) is 23.3. The molecule has 1 heterocycles. The largest absolute Gasteiger partial charge is 0.476 e. The number of ether oxygens (including phenoxy) is 1. The number of amides is 1. The lowest BCUT2D eigenvalue weighted by atomic mass is 9.83. The molecule has 1 N–H and O–H groups in total. The number of ketones is 1. The third-order valence-corrected chi connectivity index (χ3v) is 6.97. The van der Waals surface area contributed by atoms with Gasteiger partial charge in [-0.1, -0.05) is 26.0 Å². The predicted octanol–water partition coefficient (Wildman–Crippen LogP) is 5.99. The van der Waals surface area contributed by atoms with Gasteiger partial charge in [0.15, 0.2) is 29.1 Å². The van der Waals surface area contributed by atoms with Gasteiger partial charge in [-0.25, -0.2) is 22.5 Å². The molecule has 1 amide bonds. The van der Waals surface area contributed by atoms with Crippen molar-refractivity contribution in [2.75, 3.05) is 26.2 Å². The Balaban J connectivity index is 1.53. The van der Waals surface area contributed by atoms with Crippen LogP contribution in [0.3, 0.4) is 0 Å². The van der Waals surface area contributed by atoms with Gasteiger partial charge >= 0.3 is 0 Å². The molecule has 4 rings (SSSR count). The van der Waals surface area contributed by atoms with Crippen molar-refractivity contribution in [1.29, 1.82) is 0 Å². The molecule has 0 aliphatic heterocycles. The summed E-state index contributed by atoms with van der Waals surface area (Å²) in [6.45, 7) is 7.16. The van der Waals surface area contributed by atoms with E-state index in [2.05, 4.69) is 29.0 Å². The zero-order chi connectivity index (χ0) is 30.2. The van der Waals surface area contributed by atoms with E-state index >= 15 is 0 Å². The number of carbonyl (C=O) groups is 2. The second-order valence-corrected chi connectivity index (χ2v) is 9.85. The van der Waals surface area contributed by atoms with Gasteiger partial charge in [-0.3, -0.25) is 9.59 Å². The number of rotatable bonds is 10. The number of nitrogens with one attached hydrogen (secondary N) is 1. The molecule has 1 aliphatic carbocycles. The van der Waals surface area contributed by atoms with Crippen molar-refractivity contribution < 1.29 is 31.9 Å². The van der Waals surface area contributed by atoms with Crippen LogP contribution in [0, 0.1) is 23.3 Å². The van der Waals surface area contributed by atoms with Crippen molar-refractivity contribution in [2.45, 2.75) is 32.7 Å². The topological polar surface area (TPSA) is 71.5 Å². The fourth-order valence-electron chi connectivity index (χ4n) is 4.64. The number of hydrogen-bond donors (Lipinski definition) is 1. The van der Waals surface area contributed by atoms with E-state index in [1.807, 2.05) is 0 Å². The molecule has 3 aromatic rings. The SMILES string of the molecule is CCN(CC)CCOc1ccc(C(=O)NC2C/C(=C\c3ccc(F)c(F)c3)C(=O)/C(=C/c3ccc(F)c(F)c3)C2)cn1. The van der Waals surface area contributed by atoms with Crippen LogP contribution in [-0.4, -0.2) is 53.9 Å². The molecule has 42 heavy (non-hydrogen) atoms.